The van der Waals surface area contributed by atoms with Crippen LogP contribution in [-0.2, 0) is 22.4 Å². The Hall–Kier alpha value is -3.14. The summed E-state index contributed by atoms with van der Waals surface area (Å²) in [7, 11) is 0. The smallest absolute Gasteiger partial charge is 0.158 e. The second kappa shape index (κ2) is 12.3. The van der Waals surface area contributed by atoms with Crippen molar-refractivity contribution in [3.8, 4) is 11.5 Å². The van der Waals surface area contributed by atoms with Gasteiger partial charge < -0.3 is 9.47 Å². The molecule has 2 rings (SSSR count). The van der Waals surface area contributed by atoms with Crippen LogP contribution in [0.2, 0.25) is 0 Å². The molecule has 2 aromatic carbocycles. The summed E-state index contributed by atoms with van der Waals surface area (Å²) in [6, 6.07) is 16.0. The molecule has 0 heterocycles. The first-order valence-corrected chi connectivity index (χ1v) is 9.84. The first kappa shape index (κ1) is 22.2. The molecule has 152 valence electrons. The lowest BCUT2D eigenvalue weighted by Crippen LogP contribution is -2.03. The molecule has 29 heavy (non-hydrogen) atoms. The lowest BCUT2D eigenvalue weighted by molar-refractivity contribution is -0.115. The van der Waals surface area contributed by atoms with Crippen molar-refractivity contribution < 1.29 is 19.1 Å². The van der Waals surface area contributed by atoms with E-state index in [4.69, 9.17) is 9.47 Å². The number of aryl methyl sites for hydroxylation is 2. The minimum Gasteiger partial charge on any atom is -0.493 e. The highest BCUT2D eigenvalue weighted by Crippen LogP contribution is 2.17. The van der Waals surface area contributed by atoms with Crippen molar-refractivity contribution >= 4 is 11.6 Å². The summed E-state index contributed by atoms with van der Waals surface area (Å²) in [5.74, 6) is 1.53. The van der Waals surface area contributed by atoms with Crippen molar-refractivity contribution in [2.45, 2.75) is 32.1 Å². The van der Waals surface area contributed by atoms with E-state index in [2.05, 4.69) is 37.4 Å². The third-order valence-corrected chi connectivity index (χ3v) is 4.47. The molecular formula is C25H28O4. The number of hydrogen-bond acceptors (Lipinski definition) is 4. The predicted octanol–water partition coefficient (Wildman–Crippen LogP) is 4.91. The predicted molar refractivity (Wildman–Crippen MR) is 116 cm³/mol. The molecule has 0 amide bonds. The standard InChI is InChI=1S/C25H28O4/c1-3-22(26)16-18-28-24-12-8-20(9-13-24)6-5-7-21-10-14-25(15-11-21)29-19-17-23(27)4-2/h3-4,8-15H,1-2,5-7,16-19H2. The van der Waals surface area contributed by atoms with Gasteiger partial charge in [0, 0.05) is 12.8 Å². The van der Waals surface area contributed by atoms with Crippen molar-refractivity contribution in [1.29, 1.82) is 0 Å². The average molecular weight is 392 g/mol. The maximum Gasteiger partial charge on any atom is 0.158 e. The number of carbonyl (C=O) groups excluding carboxylic acids is 2. The van der Waals surface area contributed by atoms with Gasteiger partial charge in [-0.05, 0) is 66.8 Å². The SMILES string of the molecule is C=CC(=O)CCOc1ccc(CCCc2ccc(OCCC(=O)C=C)cc2)cc1. The van der Waals surface area contributed by atoms with Crippen LogP contribution in [0.25, 0.3) is 0 Å². The molecular weight excluding hydrogens is 364 g/mol. The van der Waals surface area contributed by atoms with Crippen molar-refractivity contribution in [2.24, 2.45) is 0 Å². The molecule has 0 atom stereocenters. The second-order valence-electron chi connectivity index (χ2n) is 6.68. The number of ketones is 2. The van der Waals surface area contributed by atoms with Gasteiger partial charge in [-0.2, -0.15) is 0 Å². The summed E-state index contributed by atoms with van der Waals surface area (Å²) in [6.45, 7) is 7.63. The van der Waals surface area contributed by atoms with Crippen molar-refractivity contribution in [3.05, 3.63) is 85.0 Å². The molecule has 0 saturated heterocycles. The van der Waals surface area contributed by atoms with E-state index in [0.717, 1.165) is 30.8 Å². The van der Waals surface area contributed by atoms with Crippen LogP contribution in [0.3, 0.4) is 0 Å². The van der Waals surface area contributed by atoms with E-state index in [1.807, 2.05) is 24.3 Å². The zero-order valence-corrected chi connectivity index (χ0v) is 16.8. The zero-order valence-electron chi connectivity index (χ0n) is 16.8. The number of carbonyl (C=O) groups is 2. The molecule has 0 spiro atoms. The van der Waals surface area contributed by atoms with Crippen LogP contribution in [0.5, 0.6) is 11.5 Å². The molecule has 0 aromatic heterocycles. The van der Waals surface area contributed by atoms with E-state index in [-0.39, 0.29) is 11.6 Å². The zero-order chi connectivity index (χ0) is 20.9. The van der Waals surface area contributed by atoms with Crippen LogP contribution < -0.4 is 9.47 Å². The number of ether oxygens (including phenoxy) is 2. The summed E-state index contributed by atoms with van der Waals surface area (Å²) >= 11 is 0. The fraction of sp³-hybridized carbons (Fsp3) is 0.280. The third-order valence-electron chi connectivity index (χ3n) is 4.47. The van der Waals surface area contributed by atoms with Gasteiger partial charge in [0.25, 0.3) is 0 Å². The number of rotatable bonds is 14. The van der Waals surface area contributed by atoms with E-state index < -0.39 is 0 Å². The topological polar surface area (TPSA) is 52.6 Å². The Morgan fingerprint density at radius 1 is 0.690 bits per heavy atom. The summed E-state index contributed by atoms with van der Waals surface area (Å²) in [5.41, 5.74) is 2.51. The van der Waals surface area contributed by atoms with Crippen LogP contribution in [0, 0.1) is 0 Å². The Morgan fingerprint density at radius 3 is 1.41 bits per heavy atom. The highest BCUT2D eigenvalue weighted by Gasteiger charge is 2.01. The number of hydrogen-bond donors (Lipinski definition) is 0. The fourth-order valence-electron chi connectivity index (χ4n) is 2.74. The Balaban J connectivity index is 1.68. The molecule has 4 heteroatoms. The molecule has 0 aliphatic rings. The minimum atomic E-state index is -0.0102. The largest absolute Gasteiger partial charge is 0.493 e. The van der Waals surface area contributed by atoms with Gasteiger partial charge in [-0.1, -0.05) is 37.4 Å². The van der Waals surface area contributed by atoms with Gasteiger partial charge in [0.1, 0.15) is 11.5 Å². The quantitative estimate of drug-likeness (QED) is 0.429. The Bertz CT molecular complexity index is 734. The van der Waals surface area contributed by atoms with Gasteiger partial charge in [0.2, 0.25) is 0 Å². The third kappa shape index (κ3) is 8.60. The van der Waals surface area contributed by atoms with Crippen LogP contribution in [0.1, 0.15) is 30.4 Å². The molecule has 0 N–H and O–H groups in total. The first-order chi connectivity index (χ1) is 14.1. The Morgan fingerprint density at radius 2 is 1.07 bits per heavy atom. The van der Waals surface area contributed by atoms with Gasteiger partial charge in [0.15, 0.2) is 11.6 Å². The molecule has 0 aliphatic heterocycles. The van der Waals surface area contributed by atoms with Crippen molar-refractivity contribution in [3.63, 3.8) is 0 Å². The van der Waals surface area contributed by atoms with Crippen molar-refractivity contribution in [2.75, 3.05) is 13.2 Å². The highest BCUT2D eigenvalue weighted by molar-refractivity contribution is 5.89. The molecule has 0 saturated carbocycles. The van der Waals surface area contributed by atoms with Gasteiger partial charge in [-0.3, -0.25) is 9.59 Å². The van der Waals surface area contributed by atoms with E-state index in [1.54, 1.807) is 0 Å². The lowest BCUT2D eigenvalue weighted by atomic mass is 10.0. The molecule has 0 unspecified atom stereocenters. The molecule has 0 aliphatic carbocycles. The lowest BCUT2D eigenvalue weighted by Gasteiger charge is -2.08. The number of allylic oxidation sites excluding steroid dienone is 2. The minimum absolute atomic E-state index is 0.0102. The maximum atomic E-state index is 11.2. The highest BCUT2D eigenvalue weighted by atomic mass is 16.5. The summed E-state index contributed by atoms with van der Waals surface area (Å²) in [6.07, 6.45) is 6.35. The molecule has 0 fully saturated rings. The van der Waals surface area contributed by atoms with E-state index >= 15 is 0 Å². The molecule has 4 nitrogen and oxygen atoms in total. The van der Waals surface area contributed by atoms with E-state index in [1.165, 1.54) is 23.3 Å². The van der Waals surface area contributed by atoms with E-state index in [9.17, 15) is 9.59 Å². The Kier molecular flexibility index (Phi) is 9.43. The normalized spacial score (nSPS) is 10.2. The van der Waals surface area contributed by atoms with Gasteiger partial charge >= 0.3 is 0 Å². The van der Waals surface area contributed by atoms with Gasteiger partial charge in [-0.25, -0.2) is 0 Å². The summed E-state index contributed by atoms with van der Waals surface area (Å²) < 4.78 is 11.1. The van der Waals surface area contributed by atoms with Crippen LogP contribution in [-0.4, -0.2) is 24.8 Å². The molecule has 0 radical (unpaired) electrons. The average Bonchev–Trinajstić information content (AvgIpc) is 2.75. The van der Waals surface area contributed by atoms with Crippen LogP contribution in [0.15, 0.2) is 73.8 Å². The molecule has 0 bridgehead atoms. The van der Waals surface area contributed by atoms with Crippen molar-refractivity contribution in [1.82, 2.24) is 0 Å². The van der Waals surface area contributed by atoms with Crippen LogP contribution >= 0.6 is 0 Å². The van der Waals surface area contributed by atoms with Gasteiger partial charge in [-0.15, -0.1) is 0 Å². The van der Waals surface area contributed by atoms with Crippen LogP contribution in [0.4, 0.5) is 0 Å². The Labute approximate surface area is 172 Å². The fourth-order valence-corrected chi connectivity index (χ4v) is 2.74. The molecule has 2 aromatic rings. The summed E-state index contributed by atoms with van der Waals surface area (Å²) in [5, 5.41) is 0. The summed E-state index contributed by atoms with van der Waals surface area (Å²) in [4.78, 5) is 22.3. The maximum absolute atomic E-state index is 11.2. The first-order valence-electron chi connectivity index (χ1n) is 9.84. The van der Waals surface area contributed by atoms with Gasteiger partial charge in [0.05, 0.1) is 13.2 Å². The second-order valence-corrected chi connectivity index (χ2v) is 6.68. The monoisotopic (exact) mass is 392 g/mol. The number of benzene rings is 2. The van der Waals surface area contributed by atoms with E-state index in [0.29, 0.717) is 26.1 Å².